The number of aromatic nitrogens is 2. The maximum Gasteiger partial charge on any atom is 0.130 e. The van der Waals surface area contributed by atoms with Gasteiger partial charge in [0.15, 0.2) is 0 Å². The minimum Gasteiger partial charge on any atom is -0.383 e. The lowest BCUT2D eigenvalue weighted by atomic mass is 10.1. The molecule has 3 aromatic rings. The SMILES string of the molecule is Cn1nc(-c2cccc(Cl)c2Cl)c(-c2cccs2)c1N. The molecule has 2 aromatic heterocycles. The van der Waals surface area contributed by atoms with Crippen molar-refractivity contribution in [3.63, 3.8) is 0 Å². The van der Waals surface area contributed by atoms with Crippen molar-refractivity contribution in [2.75, 3.05) is 5.73 Å². The minimum atomic E-state index is 0.491. The van der Waals surface area contributed by atoms with Gasteiger partial charge in [-0.1, -0.05) is 41.4 Å². The van der Waals surface area contributed by atoms with Crippen LogP contribution < -0.4 is 5.73 Å². The highest BCUT2D eigenvalue weighted by molar-refractivity contribution is 7.13. The van der Waals surface area contributed by atoms with Crippen molar-refractivity contribution in [2.24, 2.45) is 7.05 Å². The second-order valence-electron chi connectivity index (χ2n) is 4.31. The molecule has 0 atom stereocenters. The molecule has 0 fully saturated rings. The van der Waals surface area contributed by atoms with E-state index in [1.165, 1.54) is 0 Å². The molecule has 0 amide bonds. The summed E-state index contributed by atoms with van der Waals surface area (Å²) in [7, 11) is 1.81. The number of halogens is 2. The van der Waals surface area contributed by atoms with E-state index in [0.29, 0.717) is 15.9 Å². The van der Waals surface area contributed by atoms with Crippen LogP contribution in [0.3, 0.4) is 0 Å². The number of benzene rings is 1. The van der Waals surface area contributed by atoms with Crippen LogP contribution in [0, 0.1) is 0 Å². The average Bonchev–Trinajstić information content (AvgIpc) is 3.03. The fraction of sp³-hybridized carbons (Fsp3) is 0.0714. The lowest BCUT2D eigenvalue weighted by Crippen LogP contribution is -1.97. The zero-order valence-corrected chi connectivity index (χ0v) is 12.9. The number of nitrogens with two attached hydrogens (primary N) is 1. The van der Waals surface area contributed by atoms with Crippen molar-refractivity contribution in [3.05, 3.63) is 45.8 Å². The first-order valence-corrected chi connectivity index (χ1v) is 7.54. The van der Waals surface area contributed by atoms with E-state index in [1.54, 1.807) is 22.1 Å². The van der Waals surface area contributed by atoms with Crippen molar-refractivity contribution < 1.29 is 0 Å². The molecule has 3 rings (SSSR count). The highest BCUT2D eigenvalue weighted by Gasteiger charge is 2.20. The quantitative estimate of drug-likeness (QED) is 0.742. The Morgan fingerprint density at radius 2 is 2.00 bits per heavy atom. The lowest BCUT2D eigenvalue weighted by molar-refractivity contribution is 0.782. The van der Waals surface area contributed by atoms with Crippen LogP contribution in [0.25, 0.3) is 21.7 Å². The molecular formula is C14H11Cl2N3S. The molecule has 3 nitrogen and oxygen atoms in total. The molecule has 0 aliphatic heterocycles. The third-order valence-corrected chi connectivity index (χ3v) is 4.77. The van der Waals surface area contributed by atoms with Crippen molar-refractivity contribution in [2.45, 2.75) is 0 Å². The van der Waals surface area contributed by atoms with Gasteiger partial charge in [0, 0.05) is 17.5 Å². The molecule has 2 heterocycles. The molecule has 0 spiro atoms. The van der Waals surface area contributed by atoms with Crippen LogP contribution in [0.4, 0.5) is 5.82 Å². The molecule has 20 heavy (non-hydrogen) atoms. The Labute approximate surface area is 130 Å². The Morgan fingerprint density at radius 1 is 1.20 bits per heavy atom. The predicted molar refractivity (Wildman–Crippen MR) is 86.4 cm³/mol. The fourth-order valence-corrected chi connectivity index (χ4v) is 3.25. The van der Waals surface area contributed by atoms with E-state index < -0.39 is 0 Å². The number of aryl methyl sites for hydroxylation is 1. The second kappa shape index (κ2) is 5.13. The van der Waals surface area contributed by atoms with Crippen LogP contribution in [0.15, 0.2) is 35.7 Å². The second-order valence-corrected chi connectivity index (χ2v) is 6.04. The first-order chi connectivity index (χ1) is 9.59. The summed E-state index contributed by atoms with van der Waals surface area (Å²) in [6.45, 7) is 0. The Hall–Kier alpha value is -1.49. The summed E-state index contributed by atoms with van der Waals surface area (Å²) in [5.74, 6) is 0.610. The van der Waals surface area contributed by atoms with Gasteiger partial charge in [0.25, 0.3) is 0 Å². The molecule has 0 saturated carbocycles. The van der Waals surface area contributed by atoms with Crippen LogP contribution in [0.1, 0.15) is 0 Å². The summed E-state index contributed by atoms with van der Waals surface area (Å²) >= 11 is 14.0. The van der Waals surface area contributed by atoms with Crippen LogP contribution in [-0.2, 0) is 7.05 Å². The highest BCUT2D eigenvalue weighted by Crippen LogP contribution is 2.42. The van der Waals surface area contributed by atoms with Crippen LogP contribution in [-0.4, -0.2) is 9.78 Å². The van der Waals surface area contributed by atoms with E-state index >= 15 is 0 Å². The first-order valence-electron chi connectivity index (χ1n) is 5.90. The van der Waals surface area contributed by atoms with Crippen LogP contribution >= 0.6 is 34.5 Å². The molecule has 1 aromatic carbocycles. The van der Waals surface area contributed by atoms with Gasteiger partial charge in [-0.25, -0.2) is 0 Å². The average molecular weight is 324 g/mol. The van der Waals surface area contributed by atoms with Gasteiger partial charge >= 0.3 is 0 Å². The number of thiophene rings is 1. The molecule has 0 bridgehead atoms. The molecule has 0 aliphatic carbocycles. The molecular weight excluding hydrogens is 313 g/mol. The molecule has 0 aliphatic rings. The number of hydrogen-bond acceptors (Lipinski definition) is 3. The summed E-state index contributed by atoms with van der Waals surface area (Å²) in [4.78, 5) is 1.06. The maximum atomic E-state index is 6.30. The van der Waals surface area contributed by atoms with Crippen molar-refractivity contribution in [1.82, 2.24) is 9.78 Å². The monoisotopic (exact) mass is 323 g/mol. The number of nitrogens with zero attached hydrogens (tertiary/aromatic N) is 2. The van der Waals surface area contributed by atoms with Crippen molar-refractivity contribution in [1.29, 1.82) is 0 Å². The van der Waals surface area contributed by atoms with Crippen LogP contribution in [0.2, 0.25) is 10.0 Å². The van der Waals surface area contributed by atoms with E-state index in [-0.39, 0.29) is 0 Å². The molecule has 2 N–H and O–H groups in total. The smallest absolute Gasteiger partial charge is 0.130 e. The maximum absolute atomic E-state index is 6.30. The van der Waals surface area contributed by atoms with Gasteiger partial charge in [0.2, 0.25) is 0 Å². The first kappa shape index (κ1) is 13.5. The van der Waals surface area contributed by atoms with E-state index in [0.717, 1.165) is 21.7 Å². The highest BCUT2D eigenvalue weighted by atomic mass is 35.5. The summed E-state index contributed by atoms with van der Waals surface area (Å²) in [6.07, 6.45) is 0. The molecule has 0 saturated heterocycles. The zero-order chi connectivity index (χ0) is 14.3. The number of nitrogen functional groups attached to an aromatic ring is 1. The van der Waals surface area contributed by atoms with Gasteiger partial charge in [0.05, 0.1) is 15.6 Å². The van der Waals surface area contributed by atoms with Crippen molar-refractivity contribution in [3.8, 4) is 21.7 Å². The number of hydrogen-bond donors (Lipinski definition) is 1. The third-order valence-electron chi connectivity index (χ3n) is 3.07. The van der Waals surface area contributed by atoms with E-state index in [2.05, 4.69) is 5.10 Å². The summed E-state index contributed by atoms with van der Waals surface area (Å²) < 4.78 is 1.65. The van der Waals surface area contributed by atoms with Gasteiger partial charge in [-0.15, -0.1) is 11.3 Å². The number of anilines is 1. The largest absolute Gasteiger partial charge is 0.383 e. The Bertz CT molecular complexity index is 763. The molecule has 6 heteroatoms. The van der Waals surface area contributed by atoms with Gasteiger partial charge in [-0.3, -0.25) is 4.68 Å². The van der Waals surface area contributed by atoms with Gasteiger partial charge in [-0.2, -0.15) is 5.10 Å². The molecule has 0 radical (unpaired) electrons. The minimum absolute atomic E-state index is 0.491. The summed E-state index contributed by atoms with van der Waals surface area (Å²) in [5, 5.41) is 7.49. The Morgan fingerprint density at radius 3 is 2.70 bits per heavy atom. The normalized spacial score (nSPS) is 10.9. The van der Waals surface area contributed by atoms with Gasteiger partial charge in [0.1, 0.15) is 11.5 Å². The molecule has 102 valence electrons. The topological polar surface area (TPSA) is 43.8 Å². The van der Waals surface area contributed by atoms with E-state index in [4.69, 9.17) is 28.9 Å². The van der Waals surface area contributed by atoms with E-state index in [9.17, 15) is 0 Å². The third kappa shape index (κ3) is 2.10. The van der Waals surface area contributed by atoms with E-state index in [1.807, 2.05) is 36.7 Å². The Kier molecular flexibility index (Phi) is 3.46. The van der Waals surface area contributed by atoms with Crippen LogP contribution in [0.5, 0.6) is 0 Å². The molecule has 0 unspecified atom stereocenters. The van der Waals surface area contributed by atoms with Crippen molar-refractivity contribution >= 4 is 40.4 Å². The standard InChI is InChI=1S/C14H11Cl2N3S/c1-19-14(17)11(10-6-3-7-20-10)13(18-19)8-4-2-5-9(15)12(8)16/h2-7H,17H2,1H3. The zero-order valence-electron chi connectivity index (χ0n) is 10.6. The van der Waals surface area contributed by atoms with Gasteiger partial charge in [-0.05, 0) is 17.5 Å². The number of rotatable bonds is 2. The summed E-state index contributed by atoms with van der Waals surface area (Å²) in [6, 6.07) is 9.50. The lowest BCUT2D eigenvalue weighted by Gasteiger charge is -2.05. The fourth-order valence-electron chi connectivity index (χ4n) is 2.08. The van der Waals surface area contributed by atoms with Gasteiger partial charge < -0.3 is 5.73 Å². The predicted octanol–water partition coefficient (Wildman–Crippen LogP) is 4.70. The Balaban J connectivity index is 2.30. The summed E-state index contributed by atoms with van der Waals surface area (Å²) in [5.41, 5.74) is 8.58.